The summed E-state index contributed by atoms with van der Waals surface area (Å²) in [4.78, 5) is 13.0. The maximum absolute atomic E-state index is 13.0. The fourth-order valence-electron chi connectivity index (χ4n) is 4.33. The van der Waals surface area contributed by atoms with Crippen LogP contribution in [0.3, 0.4) is 0 Å². The number of thioether (sulfide) groups is 2. The van der Waals surface area contributed by atoms with Gasteiger partial charge >= 0.3 is 0 Å². The van der Waals surface area contributed by atoms with Crippen molar-refractivity contribution in [2.75, 3.05) is 24.3 Å². The van der Waals surface area contributed by atoms with Gasteiger partial charge in [-0.1, -0.05) is 20.8 Å². The molecule has 0 aliphatic carbocycles. The van der Waals surface area contributed by atoms with Crippen molar-refractivity contribution in [3.05, 3.63) is 0 Å². The van der Waals surface area contributed by atoms with E-state index in [9.17, 15) is 20.1 Å². The Morgan fingerprint density at radius 3 is 2.60 bits per heavy atom. The van der Waals surface area contributed by atoms with Gasteiger partial charge in [0.2, 0.25) is 5.91 Å². The summed E-state index contributed by atoms with van der Waals surface area (Å²) in [6.45, 7) is 6.91. The lowest BCUT2D eigenvalue weighted by atomic mass is 9.86. The lowest BCUT2D eigenvalue weighted by Crippen LogP contribution is -2.65. The van der Waals surface area contributed by atoms with E-state index in [-0.39, 0.29) is 17.9 Å². The van der Waals surface area contributed by atoms with Crippen LogP contribution in [-0.4, -0.2) is 87.5 Å². The number of carbonyl (C=O) groups is 1. The van der Waals surface area contributed by atoms with Crippen LogP contribution < -0.4 is 10.6 Å². The fraction of sp³-hybridized carbons (Fsp3) is 0.952. The van der Waals surface area contributed by atoms with E-state index >= 15 is 0 Å². The van der Waals surface area contributed by atoms with Crippen molar-refractivity contribution in [2.45, 2.75) is 88.4 Å². The molecule has 7 nitrogen and oxygen atoms in total. The molecule has 0 spiro atoms. The Morgan fingerprint density at radius 1 is 1.23 bits per heavy atom. The van der Waals surface area contributed by atoms with E-state index in [1.54, 1.807) is 6.26 Å². The molecule has 0 aromatic rings. The van der Waals surface area contributed by atoms with Gasteiger partial charge < -0.3 is 30.7 Å². The standard InChI is InChI=1S/C21H40N2O5S2/c1-5-30-10-6-7-13-8-9-22-14(11-13)20(27)23-15(12(2)3)19-17(25)16(24)18(26)21(28-19)29-4/h12-19,21-22,24-26H,5-11H2,1-4H3,(H,23,27). The van der Waals surface area contributed by atoms with Crippen LogP contribution in [0.25, 0.3) is 0 Å². The Kier molecular flexibility index (Phi) is 11.2. The lowest BCUT2D eigenvalue weighted by molar-refractivity contribution is -0.208. The largest absolute Gasteiger partial charge is 0.388 e. The van der Waals surface area contributed by atoms with Crippen LogP contribution >= 0.6 is 23.5 Å². The van der Waals surface area contributed by atoms with Crippen molar-refractivity contribution in [1.29, 1.82) is 0 Å². The van der Waals surface area contributed by atoms with Crippen LogP contribution in [0.4, 0.5) is 0 Å². The minimum Gasteiger partial charge on any atom is -0.388 e. The first-order valence-corrected chi connectivity index (χ1v) is 13.6. The highest BCUT2D eigenvalue weighted by atomic mass is 32.2. The number of rotatable bonds is 10. The zero-order valence-electron chi connectivity index (χ0n) is 18.6. The number of hydrogen-bond acceptors (Lipinski definition) is 8. The average molecular weight is 465 g/mol. The summed E-state index contributed by atoms with van der Waals surface area (Å²) in [6.07, 6.45) is 1.51. The number of amides is 1. The number of piperidine rings is 1. The molecule has 0 aromatic heterocycles. The predicted molar refractivity (Wildman–Crippen MR) is 124 cm³/mol. The molecule has 0 saturated carbocycles. The summed E-state index contributed by atoms with van der Waals surface area (Å²) in [6, 6.07) is -0.719. The van der Waals surface area contributed by atoms with Crippen molar-refractivity contribution in [3.8, 4) is 0 Å². The molecule has 8 unspecified atom stereocenters. The molecule has 0 radical (unpaired) electrons. The second kappa shape index (κ2) is 12.9. The van der Waals surface area contributed by atoms with Gasteiger partial charge in [0, 0.05) is 0 Å². The van der Waals surface area contributed by atoms with E-state index in [4.69, 9.17) is 4.74 Å². The Balaban J connectivity index is 1.97. The highest BCUT2D eigenvalue weighted by Crippen LogP contribution is 2.30. The van der Waals surface area contributed by atoms with Gasteiger partial charge in [-0.15, -0.1) is 11.8 Å². The molecule has 1 amide bonds. The molecule has 30 heavy (non-hydrogen) atoms. The van der Waals surface area contributed by atoms with Crippen LogP contribution in [0.1, 0.15) is 46.5 Å². The van der Waals surface area contributed by atoms with Crippen molar-refractivity contribution in [3.63, 3.8) is 0 Å². The Morgan fingerprint density at radius 2 is 1.97 bits per heavy atom. The normalized spacial score (nSPS) is 35.9. The molecule has 2 aliphatic heterocycles. The zero-order chi connectivity index (χ0) is 22.3. The highest BCUT2D eigenvalue weighted by molar-refractivity contribution is 7.99. The smallest absolute Gasteiger partial charge is 0.237 e. The summed E-state index contributed by atoms with van der Waals surface area (Å²) in [5, 5.41) is 37.3. The van der Waals surface area contributed by atoms with Gasteiger partial charge in [0.15, 0.2) is 0 Å². The summed E-state index contributed by atoms with van der Waals surface area (Å²) >= 11 is 3.24. The fourth-order valence-corrected chi connectivity index (χ4v) is 5.67. The van der Waals surface area contributed by atoms with Crippen molar-refractivity contribution < 1.29 is 24.9 Å². The first-order chi connectivity index (χ1) is 14.3. The van der Waals surface area contributed by atoms with Gasteiger partial charge in [0.25, 0.3) is 0 Å². The summed E-state index contributed by atoms with van der Waals surface area (Å²) in [5.41, 5.74) is -0.648. The van der Waals surface area contributed by atoms with Crippen molar-refractivity contribution >= 4 is 29.4 Å². The predicted octanol–water partition coefficient (Wildman–Crippen LogP) is 1.20. The molecule has 0 bridgehead atoms. The number of aliphatic hydroxyl groups is 3. The molecule has 0 aromatic carbocycles. The maximum Gasteiger partial charge on any atom is 0.237 e. The van der Waals surface area contributed by atoms with Crippen LogP contribution in [-0.2, 0) is 9.53 Å². The van der Waals surface area contributed by atoms with Crippen LogP contribution in [0.2, 0.25) is 0 Å². The lowest BCUT2D eigenvalue weighted by Gasteiger charge is -2.44. The van der Waals surface area contributed by atoms with Crippen molar-refractivity contribution in [1.82, 2.24) is 10.6 Å². The quantitative estimate of drug-likeness (QED) is 0.307. The molecule has 2 aliphatic rings. The van der Waals surface area contributed by atoms with E-state index in [0.29, 0.717) is 5.92 Å². The number of carbonyl (C=O) groups excluding carboxylic acids is 1. The molecule has 9 heteroatoms. The molecule has 8 atom stereocenters. The van der Waals surface area contributed by atoms with E-state index < -0.39 is 35.9 Å². The van der Waals surface area contributed by atoms with E-state index in [1.165, 1.54) is 23.9 Å². The molecule has 2 saturated heterocycles. The van der Waals surface area contributed by atoms with Gasteiger partial charge in [-0.25, -0.2) is 0 Å². The van der Waals surface area contributed by atoms with E-state index in [2.05, 4.69) is 17.6 Å². The second-order valence-electron chi connectivity index (χ2n) is 8.69. The second-order valence-corrected chi connectivity index (χ2v) is 11.0. The summed E-state index contributed by atoms with van der Waals surface area (Å²) in [5.74, 6) is 2.77. The minimum absolute atomic E-state index is 0.0102. The van der Waals surface area contributed by atoms with Gasteiger partial charge in [-0.05, 0) is 61.8 Å². The monoisotopic (exact) mass is 464 g/mol. The van der Waals surface area contributed by atoms with Crippen LogP contribution in [0.15, 0.2) is 0 Å². The molecule has 5 N–H and O–H groups in total. The van der Waals surface area contributed by atoms with Gasteiger partial charge in [0.1, 0.15) is 29.9 Å². The number of nitrogens with one attached hydrogen (secondary N) is 2. The SMILES string of the molecule is CCSCCCC1CCNC(C(=O)NC(C(C)C)C2OC(SC)C(O)C(O)C2O)C1. The Bertz CT molecular complexity index is 526. The Labute approximate surface area is 189 Å². The number of aliphatic hydroxyl groups excluding tert-OH is 3. The average Bonchev–Trinajstić information content (AvgIpc) is 2.74. The number of hydrogen-bond donors (Lipinski definition) is 5. The third kappa shape index (κ3) is 6.98. The summed E-state index contributed by atoms with van der Waals surface area (Å²) < 4.78 is 5.90. The third-order valence-electron chi connectivity index (χ3n) is 6.15. The van der Waals surface area contributed by atoms with E-state index in [0.717, 1.165) is 31.6 Å². The zero-order valence-corrected chi connectivity index (χ0v) is 20.3. The van der Waals surface area contributed by atoms with Crippen LogP contribution in [0.5, 0.6) is 0 Å². The third-order valence-corrected chi connectivity index (χ3v) is 7.99. The maximum atomic E-state index is 13.0. The van der Waals surface area contributed by atoms with Crippen molar-refractivity contribution in [2.24, 2.45) is 11.8 Å². The highest BCUT2D eigenvalue weighted by Gasteiger charge is 2.47. The number of ether oxygens (including phenoxy) is 1. The minimum atomic E-state index is -1.31. The van der Waals surface area contributed by atoms with Gasteiger partial charge in [-0.2, -0.15) is 11.8 Å². The van der Waals surface area contributed by atoms with Crippen LogP contribution in [0, 0.1) is 11.8 Å². The molecular formula is C21H40N2O5S2. The van der Waals surface area contributed by atoms with E-state index in [1.807, 2.05) is 25.6 Å². The molecular weight excluding hydrogens is 424 g/mol. The molecule has 2 fully saturated rings. The molecule has 2 rings (SSSR count). The molecule has 2 heterocycles. The first-order valence-electron chi connectivity index (χ1n) is 11.1. The topological polar surface area (TPSA) is 111 Å². The van der Waals surface area contributed by atoms with Gasteiger partial charge in [0.05, 0.1) is 12.1 Å². The molecule has 176 valence electrons. The Hall–Kier alpha value is -0.0300. The summed E-state index contributed by atoms with van der Waals surface area (Å²) in [7, 11) is 0. The van der Waals surface area contributed by atoms with Gasteiger partial charge in [-0.3, -0.25) is 4.79 Å². The first kappa shape index (κ1) is 26.2.